The molecule has 0 spiro atoms. The molecule has 0 bridgehead atoms. The number of rotatable bonds is 3. The maximum absolute atomic E-state index is 12.5. The Balaban J connectivity index is 0.00000121. The number of ether oxygens (including phenoxy) is 1. The highest BCUT2D eigenvalue weighted by molar-refractivity contribution is 5.94. The van der Waals surface area contributed by atoms with Crippen molar-refractivity contribution in [2.24, 2.45) is 11.7 Å². The Morgan fingerprint density at radius 1 is 1.23 bits per heavy atom. The van der Waals surface area contributed by atoms with Crippen LogP contribution in [0.15, 0.2) is 18.2 Å². The normalized spacial score (nSPS) is 25.3. The Morgan fingerprint density at radius 2 is 2.08 bits per heavy atom. The van der Waals surface area contributed by atoms with E-state index in [2.05, 4.69) is 15.3 Å². The van der Waals surface area contributed by atoms with Crippen LogP contribution in [-0.4, -0.2) is 28.5 Å². The lowest BCUT2D eigenvalue weighted by atomic mass is 9.85. The largest absolute Gasteiger partial charge is 0.370 e. The molecule has 1 saturated heterocycles. The molecule has 1 aliphatic heterocycles. The topological polar surface area (TPSA) is 93.0 Å². The van der Waals surface area contributed by atoms with Gasteiger partial charge >= 0.3 is 0 Å². The molecule has 144 valence electrons. The lowest BCUT2D eigenvalue weighted by Gasteiger charge is -2.25. The van der Waals surface area contributed by atoms with Gasteiger partial charge in [0.15, 0.2) is 0 Å². The molecule has 6 nitrogen and oxygen atoms in total. The van der Waals surface area contributed by atoms with Crippen LogP contribution in [0.2, 0.25) is 0 Å². The first-order chi connectivity index (χ1) is 11.7. The molecule has 1 aromatic carbocycles. The number of nitrogens with zero attached hydrogens (tertiary/aromatic N) is 1. The predicted octanol–water partition coefficient (Wildman–Crippen LogP) is 3.71. The summed E-state index contributed by atoms with van der Waals surface area (Å²) < 4.78 is 5.68. The molecule has 26 heavy (non-hydrogen) atoms. The van der Waals surface area contributed by atoms with Gasteiger partial charge in [0.25, 0.3) is 0 Å². The molecule has 2 fully saturated rings. The van der Waals surface area contributed by atoms with Gasteiger partial charge in [0, 0.05) is 24.3 Å². The van der Waals surface area contributed by atoms with E-state index in [-0.39, 0.29) is 48.8 Å². The van der Waals surface area contributed by atoms with Crippen molar-refractivity contribution in [2.45, 2.75) is 50.7 Å². The molecule has 8 heteroatoms. The molecular formula is C18H26Cl2N4O2. The maximum atomic E-state index is 12.5. The summed E-state index contributed by atoms with van der Waals surface area (Å²) in [4.78, 5) is 20.4. The van der Waals surface area contributed by atoms with Crippen LogP contribution in [0.5, 0.6) is 0 Å². The Bertz CT molecular complexity index is 746. The van der Waals surface area contributed by atoms with Gasteiger partial charge in [0.1, 0.15) is 11.9 Å². The summed E-state index contributed by atoms with van der Waals surface area (Å²) in [5.74, 6) is 0.973. The monoisotopic (exact) mass is 400 g/mol. The second-order valence-electron chi connectivity index (χ2n) is 6.97. The van der Waals surface area contributed by atoms with E-state index in [1.165, 1.54) is 0 Å². The van der Waals surface area contributed by atoms with E-state index >= 15 is 0 Å². The van der Waals surface area contributed by atoms with E-state index in [1.807, 2.05) is 18.2 Å². The third kappa shape index (κ3) is 4.49. The number of nitrogens with one attached hydrogen (secondary N) is 2. The molecule has 3 atom stereocenters. The minimum Gasteiger partial charge on any atom is -0.370 e. The van der Waals surface area contributed by atoms with Gasteiger partial charge < -0.3 is 20.8 Å². The standard InChI is InChI=1S/C18H24N4O2.2ClH/c19-12-4-1-3-11(9-12)18(23)20-13-6-7-14-15(10-13)22-17(21-14)16-5-2-8-24-16;;/h6-7,10-12,16H,1-5,8-9,19H2,(H,20,23)(H,21,22);2*1H. The highest BCUT2D eigenvalue weighted by Gasteiger charge is 2.25. The van der Waals surface area contributed by atoms with Gasteiger partial charge in [-0.05, 0) is 50.3 Å². The van der Waals surface area contributed by atoms with Crippen LogP contribution in [0.1, 0.15) is 50.5 Å². The van der Waals surface area contributed by atoms with Crippen LogP contribution in [0.25, 0.3) is 11.0 Å². The fraction of sp³-hybridized carbons (Fsp3) is 0.556. The molecule has 3 unspecified atom stereocenters. The minimum absolute atomic E-state index is 0. The Hall–Kier alpha value is -1.34. The molecular weight excluding hydrogens is 375 g/mol. The van der Waals surface area contributed by atoms with E-state index < -0.39 is 0 Å². The van der Waals surface area contributed by atoms with Crippen LogP contribution >= 0.6 is 24.8 Å². The van der Waals surface area contributed by atoms with Gasteiger partial charge in [-0.1, -0.05) is 6.42 Å². The molecule has 1 aliphatic carbocycles. The summed E-state index contributed by atoms with van der Waals surface area (Å²) in [6, 6.07) is 5.94. The van der Waals surface area contributed by atoms with Gasteiger partial charge in [-0.15, -0.1) is 24.8 Å². The van der Waals surface area contributed by atoms with Crippen molar-refractivity contribution in [3.05, 3.63) is 24.0 Å². The van der Waals surface area contributed by atoms with Gasteiger partial charge in [-0.25, -0.2) is 4.98 Å². The van der Waals surface area contributed by atoms with Crippen LogP contribution in [0, 0.1) is 5.92 Å². The fourth-order valence-electron chi connectivity index (χ4n) is 3.76. The molecule has 2 heterocycles. The number of H-pyrrole nitrogens is 1. The number of amides is 1. The minimum atomic E-state index is 0. The number of carbonyl (C=O) groups excluding carboxylic acids is 1. The van der Waals surface area contributed by atoms with E-state index in [4.69, 9.17) is 10.5 Å². The van der Waals surface area contributed by atoms with Crippen LogP contribution in [0.4, 0.5) is 5.69 Å². The zero-order valence-electron chi connectivity index (χ0n) is 14.6. The number of hydrogen-bond acceptors (Lipinski definition) is 4. The van der Waals surface area contributed by atoms with Gasteiger partial charge in [0.05, 0.1) is 11.0 Å². The fourth-order valence-corrected chi connectivity index (χ4v) is 3.76. The molecule has 2 aromatic rings. The molecule has 1 aromatic heterocycles. The number of hydrogen-bond donors (Lipinski definition) is 3. The van der Waals surface area contributed by atoms with Crippen molar-refractivity contribution in [3.8, 4) is 0 Å². The number of benzene rings is 1. The van der Waals surface area contributed by atoms with E-state index in [1.54, 1.807) is 0 Å². The van der Waals surface area contributed by atoms with Crippen molar-refractivity contribution in [3.63, 3.8) is 0 Å². The molecule has 4 rings (SSSR count). The van der Waals surface area contributed by atoms with Gasteiger partial charge in [0.2, 0.25) is 5.91 Å². The van der Waals surface area contributed by atoms with Crippen molar-refractivity contribution >= 4 is 47.4 Å². The van der Waals surface area contributed by atoms with Crippen LogP contribution in [0.3, 0.4) is 0 Å². The highest BCUT2D eigenvalue weighted by Crippen LogP contribution is 2.29. The van der Waals surface area contributed by atoms with Crippen LogP contribution in [-0.2, 0) is 9.53 Å². The quantitative estimate of drug-likeness (QED) is 0.731. The van der Waals surface area contributed by atoms with Crippen LogP contribution < -0.4 is 11.1 Å². The highest BCUT2D eigenvalue weighted by atomic mass is 35.5. The predicted molar refractivity (Wildman–Crippen MR) is 107 cm³/mol. The third-order valence-corrected chi connectivity index (χ3v) is 5.09. The average molecular weight is 401 g/mol. The van der Waals surface area contributed by atoms with E-state index in [9.17, 15) is 4.79 Å². The number of aromatic nitrogens is 2. The smallest absolute Gasteiger partial charge is 0.227 e. The molecule has 1 amide bonds. The van der Waals surface area contributed by atoms with Gasteiger partial charge in [-0.3, -0.25) is 4.79 Å². The summed E-state index contributed by atoms with van der Waals surface area (Å²) in [6.45, 7) is 0.798. The van der Waals surface area contributed by atoms with Crippen molar-refractivity contribution in [2.75, 3.05) is 11.9 Å². The zero-order valence-corrected chi connectivity index (χ0v) is 16.2. The molecule has 0 radical (unpaired) electrons. The summed E-state index contributed by atoms with van der Waals surface area (Å²) in [7, 11) is 0. The van der Waals surface area contributed by atoms with Crippen molar-refractivity contribution in [1.29, 1.82) is 0 Å². The number of anilines is 1. The second-order valence-corrected chi connectivity index (χ2v) is 6.97. The lowest BCUT2D eigenvalue weighted by Crippen LogP contribution is -2.34. The van der Waals surface area contributed by atoms with Gasteiger partial charge in [-0.2, -0.15) is 0 Å². The maximum Gasteiger partial charge on any atom is 0.227 e. The average Bonchev–Trinajstić information content (AvgIpc) is 3.23. The number of aromatic amines is 1. The second kappa shape index (κ2) is 9.04. The number of halogens is 2. The SMILES string of the molecule is Cl.Cl.NC1CCCC(C(=O)Nc2ccc3nc(C4CCCO4)[nH]c3c2)C1. The summed E-state index contributed by atoms with van der Waals surface area (Å²) in [5.41, 5.74) is 8.62. The Labute approximate surface area is 165 Å². The first-order valence-electron chi connectivity index (χ1n) is 8.87. The molecule has 2 aliphatic rings. The number of nitrogens with two attached hydrogens (primary N) is 1. The molecule has 4 N–H and O–H groups in total. The van der Waals surface area contributed by atoms with E-state index in [0.717, 1.165) is 67.7 Å². The summed E-state index contributed by atoms with van der Waals surface area (Å²) in [5, 5.41) is 3.03. The Morgan fingerprint density at radius 3 is 2.81 bits per heavy atom. The first-order valence-corrected chi connectivity index (χ1v) is 8.87. The summed E-state index contributed by atoms with van der Waals surface area (Å²) in [6.07, 6.45) is 5.91. The zero-order chi connectivity index (χ0) is 16.5. The Kier molecular flexibility index (Phi) is 7.29. The van der Waals surface area contributed by atoms with E-state index in [0.29, 0.717) is 0 Å². The van der Waals surface area contributed by atoms with Crippen molar-refractivity contribution < 1.29 is 9.53 Å². The lowest BCUT2D eigenvalue weighted by molar-refractivity contribution is -0.120. The number of imidazole rings is 1. The number of carbonyl (C=O) groups is 1. The molecule has 1 saturated carbocycles. The number of fused-ring (bicyclic) bond motifs is 1. The summed E-state index contributed by atoms with van der Waals surface area (Å²) >= 11 is 0. The first kappa shape index (κ1) is 21.0. The third-order valence-electron chi connectivity index (χ3n) is 5.09. The van der Waals surface area contributed by atoms with Crippen molar-refractivity contribution in [1.82, 2.24) is 9.97 Å².